The van der Waals surface area contributed by atoms with Crippen LogP contribution in [-0.4, -0.2) is 18.0 Å². The zero-order valence-electron chi connectivity index (χ0n) is 10.8. The monoisotopic (exact) mass is 257 g/mol. The lowest BCUT2D eigenvalue weighted by molar-refractivity contribution is 0.102. The van der Waals surface area contributed by atoms with Gasteiger partial charge in [-0.3, -0.25) is 4.79 Å². The molecule has 98 valence electrons. The van der Waals surface area contributed by atoms with Gasteiger partial charge in [0.15, 0.2) is 0 Å². The van der Waals surface area contributed by atoms with Gasteiger partial charge in [0.05, 0.1) is 7.11 Å². The molecule has 0 aliphatic carbocycles. The number of nitrogen functional groups attached to an aromatic ring is 1. The van der Waals surface area contributed by atoms with E-state index in [1.807, 2.05) is 6.92 Å². The highest BCUT2D eigenvalue weighted by molar-refractivity contribution is 6.06. The summed E-state index contributed by atoms with van der Waals surface area (Å²) in [5.41, 5.74) is 8.19. The van der Waals surface area contributed by atoms with Crippen LogP contribution < -0.4 is 15.8 Å². The molecule has 3 N–H and O–H groups in total. The number of methoxy groups -OCH3 is 1. The van der Waals surface area contributed by atoms with Crippen LogP contribution in [0.15, 0.2) is 36.5 Å². The second kappa shape index (κ2) is 5.39. The third kappa shape index (κ3) is 2.65. The number of pyridine rings is 1. The summed E-state index contributed by atoms with van der Waals surface area (Å²) in [7, 11) is 1.50. The molecule has 1 aromatic carbocycles. The first kappa shape index (κ1) is 12.9. The molecule has 0 bridgehead atoms. The van der Waals surface area contributed by atoms with Crippen LogP contribution in [0, 0.1) is 6.92 Å². The van der Waals surface area contributed by atoms with Crippen LogP contribution in [0.5, 0.6) is 5.88 Å². The van der Waals surface area contributed by atoms with Gasteiger partial charge in [-0.05, 0) is 36.8 Å². The number of hydrogen-bond donors (Lipinski definition) is 2. The van der Waals surface area contributed by atoms with Crippen molar-refractivity contribution in [1.82, 2.24) is 4.98 Å². The first-order valence-electron chi connectivity index (χ1n) is 5.79. The molecule has 0 spiro atoms. The molecule has 0 unspecified atom stereocenters. The van der Waals surface area contributed by atoms with Gasteiger partial charge in [0, 0.05) is 17.4 Å². The topological polar surface area (TPSA) is 77.2 Å². The Balaban J connectivity index is 2.28. The van der Waals surface area contributed by atoms with Crippen molar-refractivity contribution in [3.05, 3.63) is 47.7 Å². The van der Waals surface area contributed by atoms with Gasteiger partial charge in [-0.2, -0.15) is 0 Å². The van der Waals surface area contributed by atoms with E-state index >= 15 is 0 Å². The number of carbonyl (C=O) groups excluding carboxylic acids is 1. The van der Waals surface area contributed by atoms with Crippen molar-refractivity contribution in [2.24, 2.45) is 0 Å². The third-order valence-electron chi connectivity index (χ3n) is 2.83. The summed E-state index contributed by atoms with van der Waals surface area (Å²) < 4.78 is 5.09. The number of carbonyl (C=O) groups is 1. The van der Waals surface area contributed by atoms with Crippen LogP contribution in [-0.2, 0) is 0 Å². The lowest BCUT2D eigenvalue weighted by atomic mass is 10.1. The van der Waals surface area contributed by atoms with Gasteiger partial charge in [-0.1, -0.05) is 6.07 Å². The minimum absolute atomic E-state index is 0.240. The molecular weight excluding hydrogens is 242 g/mol. The van der Waals surface area contributed by atoms with E-state index in [9.17, 15) is 4.79 Å². The molecule has 1 amide bonds. The van der Waals surface area contributed by atoms with Crippen LogP contribution in [0.25, 0.3) is 0 Å². The standard InChI is InChI=1S/C14H15N3O2/c1-9-10(5-3-6-11(9)15)13(18)17-12-7-4-8-16-14(12)19-2/h3-8H,15H2,1-2H3,(H,17,18). The first-order valence-corrected chi connectivity index (χ1v) is 5.79. The number of ether oxygens (including phenoxy) is 1. The normalized spacial score (nSPS) is 10.0. The van der Waals surface area contributed by atoms with Gasteiger partial charge >= 0.3 is 0 Å². The molecule has 0 fully saturated rings. The highest BCUT2D eigenvalue weighted by atomic mass is 16.5. The summed E-state index contributed by atoms with van der Waals surface area (Å²) in [4.78, 5) is 16.2. The molecule has 0 aliphatic rings. The Kier molecular flexibility index (Phi) is 3.66. The lowest BCUT2D eigenvalue weighted by Crippen LogP contribution is -2.15. The Morgan fingerprint density at radius 2 is 2.11 bits per heavy atom. The van der Waals surface area contributed by atoms with E-state index in [2.05, 4.69) is 10.3 Å². The van der Waals surface area contributed by atoms with Crippen LogP contribution in [0.2, 0.25) is 0 Å². The Bertz CT molecular complexity index is 611. The number of aromatic nitrogens is 1. The van der Waals surface area contributed by atoms with E-state index in [1.54, 1.807) is 36.5 Å². The Hall–Kier alpha value is -2.56. The molecule has 0 aliphatic heterocycles. The summed E-state index contributed by atoms with van der Waals surface area (Å²) in [5, 5.41) is 2.76. The average molecular weight is 257 g/mol. The van der Waals surface area contributed by atoms with Crippen molar-refractivity contribution >= 4 is 17.3 Å². The highest BCUT2D eigenvalue weighted by Crippen LogP contribution is 2.22. The Morgan fingerprint density at radius 3 is 2.84 bits per heavy atom. The zero-order chi connectivity index (χ0) is 13.8. The van der Waals surface area contributed by atoms with Crippen LogP contribution in [0.3, 0.4) is 0 Å². The second-order valence-corrected chi connectivity index (χ2v) is 4.03. The molecule has 2 rings (SSSR count). The molecule has 1 aromatic heterocycles. The number of nitrogens with two attached hydrogens (primary N) is 1. The van der Waals surface area contributed by atoms with Crippen molar-refractivity contribution in [3.63, 3.8) is 0 Å². The van der Waals surface area contributed by atoms with E-state index < -0.39 is 0 Å². The number of rotatable bonds is 3. The summed E-state index contributed by atoms with van der Waals surface area (Å²) in [6.07, 6.45) is 1.60. The summed E-state index contributed by atoms with van der Waals surface area (Å²) in [5.74, 6) is 0.133. The predicted molar refractivity (Wildman–Crippen MR) is 74.3 cm³/mol. The Morgan fingerprint density at radius 1 is 1.32 bits per heavy atom. The van der Waals surface area contributed by atoms with Crippen molar-refractivity contribution in [2.75, 3.05) is 18.2 Å². The number of nitrogens with zero attached hydrogens (tertiary/aromatic N) is 1. The fourth-order valence-electron chi connectivity index (χ4n) is 1.74. The predicted octanol–water partition coefficient (Wildman–Crippen LogP) is 2.23. The summed E-state index contributed by atoms with van der Waals surface area (Å²) >= 11 is 0. The third-order valence-corrected chi connectivity index (χ3v) is 2.83. The van der Waals surface area contributed by atoms with Gasteiger partial charge in [0.25, 0.3) is 5.91 Å². The van der Waals surface area contributed by atoms with Gasteiger partial charge in [0.1, 0.15) is 5.69 Å². The van der Waals surface area contributed by atoms with E-state index in [0.29, 0.717) is 22.8 Å². The average Bonchev–Trinajstić information content (AvgIpc) is 2.42. The first-order chi connectivity index (χ1) is 9.13. The lowest BCUT2D eigenvalue weighted by Gasteiger charge is -2.11. The maximum atomic E-state index is 12.2. The molecule has 0 radical (unpaired) electrons. The van der Waals surface area contributed by atoms with Gasteiger partial charge in [-0.15, -0.1) is 0 Å². The number of benzene rings is 1. The van der Waals surface area contributed by atoms with E-state index in [4.69, 9.17) is 10.5 Å². The van der Waals surface area contributed by atoms with Crippen molar-refractivity contribution in [3.8, 4) is 5.88 Å². The van der Waals surface area contributed by atoms with Gasteiger partial charge in [-0.25, -0.2) is 4.98 Å². The largest absolute Gasteiger partial charge is 0.480 e. The SMILES string of the molecule is COc1ncccc1NC(=O)c1cccc(N)c1C. The highest BCUT2D eigenvalue weighted by Gasteiger charge is 2.13. The molecule has 0 saturated carbocycles. The van der Waals surface area contributed by atoms with Crippen LogP contribution in [0.4, 0.5) is 11.4 Å². The van der Waals surface area contributed by atoms with Crippen molar-refractivity contribution < 1.29 is 9.53 Å². The summed E-state index contributed by atoms with van der Waals surface area (Å²) in [6.45, 7) is 1.81. The molecule has 0 saturated heterocycles. The number of nitrogens with one attached hydrogen (secondary N) is 1. The molecule has 1 heterocycles. The fourth-order valence-corrected chi connectivity index (χ4v) is 1.74. The molecule has 5 nitrogen and oxygen atoms in total. The maximum Gasteiger partial charge on any atom is 0.256 e. The molecule has 0 atom stereocenters. The Labute approximate surface area is 111 Å². The van der Waals surface area contributed by atoms with E-state index in [1.165, 1.54) is 7.11 Å². The second-order valence-electron chi connectivity index (χ2n) is 4.03. The fraction of sp³-hybridized carbons (Fsp3) is 0.143. The molecular formula is C14H15N3O2. The van der Waals surface area contributed by atoms with Crippen LogP contribution >= 0.6 is 0 Å². The number of amides is 1. The van der Waals surface area contributed by atoms with Gasteiger partial charge < -0.3 is 15.8 Å². The minimum atomic E-state index is -0.240. The molecule has 19 heavy (non-hydrogen) atoms. The quantitative estimate of drug-likeness (QED) is 0.827. The minimum Gasteiger partial charge on any atom is -0.480 e. The molecule has 5 heteroatoms. The smallest absolute Gasteiger partial charge is 0.256 e. The zero-order valence-corrected chi connectivity index (χ0v) is 10.8. The van der Waals surface area contributed by atoms with E-state index in [0.717, 1.165) is 5.56 Å². The van der Waals surface area contributed by atoms with Gasteiger partial charge in [0.2, 0.25) is 5.88 Å². The maximum absolute atomic E-state index is 12.2. The number of anilines is 2. The molecule has 2 aromatic rings. The van der Waals surface area contributed by atoms with E-state index in [-0.39, 0.29) is 5.91 Å². The number of hydrogen-bond acceptors (Lipinski definition) is 4. The van der Waals surface area contributed by atoms with Crippen LogP contribution in [0.1, 0.15) is 15.9 Å². The summed E-state index contributed by atoms with van der Waals surface area (Å²) in [6, 6.07) is 8.69. The van der Waals surface area contributed by atoms with Crippen molar-refractivity contribution in [1.29, 1.82) is 0 Å². The van der Waals surface area contributed by atoms with Crippen molar-refractivity contribution in [2.45, 2.75) is 6.92 Å².